The van der Waals surface area contributed by atoms with Crippen molar-refractivity contribution in [3.8, 4) is 0 Å². The van der Waals surface area contributed by atoms with Crippen LogP contribution in [0.3, 0.4) is 0 Å². The molecule has 0 aliphatic heterocycles. The SMILES string of the molecule is CC(C)c1ccc2c(c1)sc1cc3c4ccccc4n(C)c3cc12. The van der Waals surface area contributed by atoms with E-state index in [9.17, 15) is 0 Å². The predicted molar refractivity (Wildman–Crippen MR) is 107 cm³/mol. The topological polar surface area (TPSA) is 4.93 Å². The summed E-state index contributed by atoms with van der Waals surface area (Å²) in [6.07, 6.45) is 0. The minimum absolute atomic E-state index is 0.572. The second-order valence-corrected chi connectivity index (χ2v) is 8.04. The Hall–Kier alpha value is -2.32. The molecule has 0 fully saturated rings. The molecule has 5 aromatic rings. The van der Waals surface area contributed by atoms with Gasteiger partial charge in [-0.2, -0.15) is 0 Å². The Bertz CT molecular complexity index is 1240. The summed E-state index contributed by atoms with van der Waals surface area (Å²) in [7, 11) is 2.17. The molecule has 118 valence electrons. The van der Waals surface area contributed by atoms with Crippen LogP contribution >= 0.6 is 11.3 Å². The van der Waals surface area contributed by atoms with Gasteiger partial charge >= 0.3 is 0 Å². The number of hydrogen-bond donors (Lipinski definition) is 0. The molecule has 0 aliphatic rings. The van der Waals surface area contributed by atoms with E-state index in [0.717, 1.165) is 0 Å². The zero-order valence-corrected chi connectivity index (χ0v) is 14.9. The van der Waals surface area contributed by atoms with Gasteiger partial charge in [-0.15, -0.1) is 11.3 Å². The molecule has 0 amide bonds. The molecule has 2 aromatic heterocycles. The van der Waals surface area contributed by atoms with Crippen molar-refractivity contribution in [2.24, 2.45) is 7.05 Å². The summed E-state index contributed by atoms with van der Waals surface area (Å²) in [6, 6.07) is 20.4. The van der Waals surface area contributed by atoms with Crippen molar-refractivity contribution in [3.05, 3.63) is 60.2 Å². The molecule has 5 rings (SSSR count). The van der Waals surface area contributed by atoms with Crippen LogP contribution in [0.2, 0.25) is 0 Å². The highest BCUT2D eigenvalue weighted by molar-refractivity contribution is 7.25. The molecule has 2 heterocycles. The van der Waals surface area contributed by atoms with E-state index in [1.807, 2.05) is 11.3 Å². The van der Waals surface area contributed by atoms with E-state index in [2.05, 4.69) is 80.1 Å². The third-order valence-electron chi connectivity index (χ3n) is 5.20. The van der Waals surface area contributed by atoms with Crippen molar-refractivity contribution in [3.63, 3.8) is 0 Å². The van der Waals surface area contributed by atoms with E-state index in [4.69, 9.17) is 0 Å². The maximum atomic E-state index is 2.38. The first-order valence-electron chi connectivity index (χ1n) is 8.47. The van der Waals surface area contributed by atoms with Gasteiger partial charge in [0.2, 0.25) is 0 Å². The largest absolute Gasteiger partial charge is 0.344 e. The lowest BCUT2D eigenvalue weighted by molar-refractivity contribution is 0.869. The van der Waals surface area contributed by atoms with Crippen LogP contribution in [0, 0.1) is 0 Å². The second kappa shape index (κ2) is 4.84. The molecule has 0 atom stereocenters. The van der Waals surface area contributed by atoms with Crippen LogP contribution in [-0.2, 0) is 7.05 Å². The molecule has 24 heavy (non-hydrogen) atoms. The van der Waals surface area contributed by atoms with Crippen molar-refractivity contribution in [1.82, 2.24) is 4.57 Å². The van der Waals surface area contributed by atoms with E-state index < -0.39 is 0 Å². The molecule has 0 bridgehead atoms. The molecule has 0 saturated carbocycles. The van der Waals surface area contributed by atoms with Crippen molar-refractivity contribution >= 4 is 53.3 Å². The average molecular weight is 329 g/mol. The van der Waals surface area contributed by atoms with Gasteiger partial charge in [0.15, 0.2) is 0 Å². The number of aryl methyl sites for hydroxylation is 1. The van der Waals surface area contributed by atoms with Crippen LogP contribution in [0.15, 0.2) is 54.6 Å². The lowest BCUT2D eigenvalue weighted by Gasteiger charge is -2.04. The van der Waals surface area contributed by atoms with Crippen LogP contribution in [0.25, 0.3) is 42.0 Å². The molecular weight excluding hydrogens is 310 g/mol. The van der Waals surface area contributed by atoms with Crippen molar-refractivity contribution < 1.29 is 0 Å². The maximum Gasteiger partial charge on any atom is 0.0495 e. The fourth-order valence-corrected chi connectivity index (χ4v) is 4.98. The highest BCUT2D eigenvalue weighted by atomic mass is 32.1. The number of fused-ring (bicyclic) bond motifs is 6. The summed E-state index contributed by atoms with van der Waals surface area (Å²) in [5, 5.41) is 5.46. The Morgan fingerprint density at radius 3 is 2.38 bits per heavy atom. The van der Waals surface area contributed by atoms with Crippen LogP contribution < -0.4 is 0 Å². The monoisotopic (exact) mass is 329 g/mol. The van der Waals surface area contributed by atoms with E-state index in [1.165, 1.54) is 47.5 Å². The third kappa shape index (κ3) is 1.81. The van der Waals surface area contributed by atoms with E-state index in [-0.39, 0.29) is 0 Å². The minimum Gasteiger partial charge on any atom is -0.344 e. The van der Waals surface area contributed by atoms with Crippen LogP contribution in [0.1, 0.15) is 25.3 Å². The fraction of sp³-hybridized carbons (Fsp3) is 0.182. The summed E-state index contributed by atoms with van der Waals surface area (Å²) >= 11 is 1.92. The number of hydrogen-bond acceptors (Lipinski definition) is 1. The van der Waals surface area contributed by atoms with E-state index in [1.54, 1.807) is 0 Å². The summed E-state index contributed by atoms with van der Waals surface area (Å²) < 4.78 is 5.10. The van der Waals surface area contributed by atoms with Crippen molar-refractivity contribution in [1.29, 1.82) is 0 Å². The highest BCUT2D eigenvalue weighted by Crippen LogP contribution is 2.39. The van der Waals surface area contributed by atoms with Gasteiger partial charge in [0.05, 0.1) is 0 Å². The standard InChI is InChI=1S/C22H19NS/c1-13(2)14-8-9-16-18-11-20-17(12-22(18)24-21(16)10-14)15-6-4-5-7-19(15)23(20)3/h4-13H,1-3H3. The van der Waals surface area contributed by atoms with Gasteiger partial charge in [-0.3, -0.25) is 0 Å². The summed E-state index contributed by atoms with van der Waals surface area (Å²) in [5.41, 5.74) is 4.04. The van der Waals surface area contributed by atoms with Gasteiger partial charge in [-0.1, -0.05) is 44.2 Å². The molecule has 0 aliphatic carbocycles. The average Bonchev–Trinajstić information content (AvgIpc) is 3.09. The Kier molecular flexibility index (Phi) is 2.84. The molecule has 0 saturated heterocycles. The highest BCUT2D eigenvalue weighted by Gasteiger charge is 2.13. The van der Waals surface area contributed by atoms with Gasteiger partial charge in [0.25, 0.3) is 0 Å². The Morgan fingerprint density at radius 1 is 0.750 bits per heavy atom. The zero-order chi connectivity index (χ0) is 16.4. The Balaban J connectivity index is 1.92. The van der Waals surface area contributed by atoms with Crippen LogP contribution in [0.4, 0.5) is 0 Å². The maximum absolute atomic E-state index is 2.38. The van der Waals surface area contributed by atoms with Gasteiger partial charge in [-0.05, 0) is 35.7 Å². The first kappa shape index (κ1) is 14.1. The van der Waals surface area contributed by atoms with E-state index in [0.29, 0.717) is 5.92 Å². The smallest absolute Gasteiger partial charge is 0.0495 e. The predicted octanol–water partition coefficient (Wildman–Crippen LogP) is 6.82. The van der Waals surface area contributed by atoms with Gasteiger partial charge in [-0.25, -0.2) is 0 Å². The quantitative estimate of drug-likeness (QED) is 0.318. The summed E-state index contributed by atoms with van der Waals surface area (Å²) in [6.45, 7) is 4.52. The molecule has 0 N–H and O–H groups in total. The molecule has 2 heteroatoms. The number of rotatable bonds is 1. The number of para-hydroxylation sites is 1. The summed E-state index contributed by atoms with van der Waals surface area (Å²) in [5.74, 6) is 0.572. The van der Waals surface area contributed by atoms with E-state index >= 15 is 0 Å². The minimum atomic E-state index is 0.572. The molecule has 3 aromatic carbocycles. The number of benzene rings is 3. The number of nitrogens with zero attached hydrogens (tertiary/aromatic N) is 1. The lowest BCUT2D eigenvalue weighted by atomic mass is 10.0. The normalized spacial score (nSPS) is 12.3. The molecule has 0 unspecified atom stereocenters. The molecular formula is C22H19NS. The first-order valence-corrected chi connectivity index (χ1v) is 9.28. The number of aromatic nitrogens is 1. The second-order valence-electron chi connectivity index (χ2n) is 6.95. The Labute approximate surface area is 145 Å². The Morgan fingerprint density at radius 2 is 1.54 bits per heavy atom. The van der Waals surface area contributed by atoms with Crippen LogP contribution in [-0.4, -0.2) is 4.57 Å². The third-order valence-corrected chi connectivity index (χ3v) is 6.31. The molecule has 1 nitrogen and oxygen atoms in total. The number of thiophene rings is 1. The molecule has 0 spiro atoms. The fourth-order valence-electron chi connectivity index (χ4n) is 3.80. The lowest BCUT2D eigenvalue weighted by Crippen LogP contribution is -1.86. The van der Waals surface area contributed by atoms with Gasteiger partial charge < -0.3 is 4.57 Å². The zero-order valence-electron chi connectivity index (χ0n) is 14.1. The summed E-state index contributed by atoms with van der Waals surface area (Å²) in [4.78, 5) is 0. The van der Waals surface area contributed by atoms with Crippen LogP contribution in [0.5, 0.6) is 0 Å². The van der Waals surface area contributed by atoms with Gasteiger partial charge in [0.1, 0.15) is 0 Å². The van der Waals surface area contributed by atoms with Gasteiger partial charge in [0, 0.05) is 49.0 Å². The molecule has 0 radical (unpaired) electrons. The van der Waals surface area contributed by atoms with Crippen molar-refractivity contribution in [2.45, 2.75) is 19.8 Å². The first-order chi connectivity index (χ1) is 11.6. The van der Waals surface area contributed by atoms with Crippen molar-refractivity contribution in [2.75, 3.05) is 0 Å².